The minimum absolute atomic E-state index is 0.0185. The van der Waals surface area contributed by atoms with E-state index in [1.54, 1.807) is 12.1 Å². The van der Waals surface area contributed by atoms with Crippen LogP contribution in [0.1, 0.15) is 28.4 Å². The summed E-state index contributed by atoms with van der Waals surface area (Å²) in [5.74, 6) is -2.55. The number of ether oxygens (including phenoxy) is 3. The van der Waals surface area contributed by atoms with Crippen LogP contribution in [0.5, 0.6) is 23.0 Å². The van der Waals surface area contributed by atoms with Crippen molar-refractivity contribution in [2.45, 2.75) is 43.2 Å². The van der Waals surface area contributed by atoms with Crippen LogP contribution in [-0.2, 0) is 9.53 Å². The molecule has 32 heavy (non-hydrogen) atoms. The number of phenolic OH excluding ortho intramolecular Hbond substituents is 2. The van der Waals surface area contributed by atoms with Crippen molar-refractivity contribution in [3.05, 3.63) is 47.5 Å². The molecule has 170 valence electrons. The number of carboxylic acids is 1. The molecular weight excluding hydrogens is 428 g/mol. The third-order valence-corrected chi connectivity index (χ3v) is 5.30. The Morgan fingerprint density at radius 2 is 1.69 bits per heavy atom. The maximum absolute atomic E-state index is 12.6. The lowest BCUT2D eigenvalue weighted by Gasteiger charge is -2.38. The Morgan fingerprint density at radius 3 is 2.34 bits per heavy atom. The van der Waals surface area contributed by atoms with Crippen molar-refractivity contribution in [3.8, 4) is 23.0 Å². The van der Waals surface area contributed by atoms with E-state index < -0.39 is 54.3 Å². The number of Topliss-reactive ketones (excluding diaryl/α,β-unsaturated/α-hetero) is 1. The van der Waals surface area contributed by atoms with Crippen LogP contribution in [0.25, 0.3) is 0 Å². The number of ketones is 1. The third-order valence-electron chi connectivity index (χ3n) is 5.30. The lowest BCUT2D eigenvalue weighted by atomic mass is 9.95. The largest absolute Gasteiger partial charge is 0.508 e. The zero-order valence-corrected chi connectivity index (χ0v) is 16.4. The highest BCUT2D eigenvalue weighted by molar-refractivity contribution is 6.02. The molecule has 0 unspecified atom stereocenters. The molecule has 0 saturated carbocycles. The summed E-state index contributed by atoms with van der Waals surface area (Å²) in [5.41, 5.74) is 0.538. The minimum Gasteiger partial charge on any atom is -0.508 e. The number of aromatic hydroxyl groups is 2. The van der Waals surface area contributed by atoms with Crippen LogP contribution in [0.15, 0.2) is 36.4 Å². The highest BCUT2D eigenvalue weighted by atomic mass is 16.7. The number of hydrogen-bond acceptors (Lipinski definition) is 10. The van der Waals surface area contributed by atoms with Gasteiger partial charge in [-0.3, -0.25) is 4.79 Å². The summed E-state index contributed by atoms with van der Waals surface area (Å²) >= 11 is 0. The maximum atomic E-state index is 12.6. The summed E-state index contributed by atoms with van der Waals surface area (Å²) in [5, 5.41) is 58.7. The van der Waals surface area contributed by atoms with Crippen molar-refractivity contribution in [2.75, 3.05) is 0 Å². The normalized spacial score (nSPS) is 29.7. The molecule has 11 nitrogen and oxygen atoms in total. The fourth-order valence-corrected chi connectivity index (χ4v) is 3.64. The second-order valence-corrected chi connectivity index (χ2v) is 7.49. The molecule has 2 aliphatic heterocycles. The zero-order valence-electron chi connectivity index (χ0n) is 16.4. The number of benzene rings is 2. The Morgan fingerprint density at radius 1 is 1.00 bits per heavy atom. The van der Waals surface area contributed by atoms with Crippen LogP contribution >= 0.6 is 0 Å². The molecule has 11 heteroatoms. The summed E-state index contributed by atoms with van der Waals surface area (Å²) in [4.78, 5) is 23.8. The molecule has 0 spiro atoms. The Bertz CT molecular complexity index is 1030. The Labute approximate surface area is 180 Å². The van der Waals surface area contributed by atoms with Gasteiger partial charge >= 0.3 is 5.97 Å². The van der Waals surface area contributed by atoms with Gasteiger partial charge in [-0.05, 0) is 17.7 Å². The van der Waals surface area contributed by atoms with Gasteiger partial charge in [-0.1, -0.05) is 12.1 Å². The number of aliphatic carboxylic acids is 1. The summed E-state index contributed by atoms with van der Waals surface area (Å²) in [7, 11) is 0. The number of carbonyl (C=O) groups excluding carboxylic acids is 1. The van der Waals surface area contributed by atoms with Crippen LogP contribution in [0.4, 0.5) is 0 Å². The van der Waals surface area contributed by atoms with E-state index in [2.05, 4.69) is 0 Å². The van der Waals surface area contributed by atoms with Gasteiger partial charge < -0.3 is 44.8 Å². The minimum atomic E-state index is -1.88. The SMILES string of the molecule is O=C1C[C@H](c2ccc(O)cc2)Oc2cc(O[C@@H]3O[C@@H](C(=O)O)[C@H](O)[C@@H](O)[C@@H]3O)cc(O)c21. The van der Waals surface area contributed by atoms with E-state index in [1.807, 2.05) is 0 Å². The fourth-order valence-electron chi connectivity index (χ4n) is 3.64. The summed E-state index contributed by atoms with van der Waals surface area (Å²) in [6.07, 6.45) is -9.86. The summed E-state index contributed by atoms with van der Waals surface area (Å²) in [6, 6.07) is 8.37. The van der Waals surface area contributed by atoms with Gasteiger partial charge in [-0.15, -0.1) is 0 Å². The number of hydrogen-bond donors (Lipinski definition) is 6. The van der Waals surface area contributed by atoms with Gasteiger partial charge in [0.15, 0.2) is 11.9 Å². The molecule has 2 aliphatic rings. The first kappa shape index (κ1) is 21.8. The van der Waals surface area contributed by atoms with Gasteiger partial charge in [0.2, 0.25) is 6.29 Å². The monoisotopic (exact) mass is 448 g/mol. The van der Waals surface area contributed by atoms with E-state index in [0.717, 1.165) is 6.07 Å². The highest BCUT2D eigenvalue weighted by Gasteiger charge is 2.48. The van der Waals surface area contributed by atoms with E-state index >= 15 is 0 Å². The number of fused-ring (bicyclic) bond motifs is 1. The van der Waals surface area contributed by atoms with Gasteiger partial charge in [0.25, 0.3) is 0 Å². The topological polar surface area (TPSA) is 183 Å². The van der Waals surface area contributed by atoms with Crippen LogP contribution in [-0.4, -0.2) is 73.1 Å². The summed E-state index contributed by atoms with van der Waals surface area (Å²) in [6.45, 7) is 0. The second kappa shape index (κ2) is 8.28. The van der Waals surface area contributed by atoms with E-state index in [1.165, 1.54) is 18.2 Å². The lowest BCUT2D eigenvalue weighted by Crippen LogP contribution is -2.61. The van der Waals surface area contributed by atoms with E-state index in [-0.39, 0.29) is 29.2 Å². The average Bonchev–Trinajstić information content (AvgIpc) is 2.73. The molecule has 0 amide bonds. The molecule has 6 atom stereocenters. The van der Waals surface area contributed by atoms with Crippen molar-refractivity contribution in [1.82, 2.24) is 0 Å². The number of carboxylic acid groups (broad SMARTS) is 1. The quantitative estimate of drug-likeness (QED) is 0.372. The molecule has 2 aromatic carbocycles. The van der Waals surface area contributed by atoms with Gasteiger partial charge in [-0.25, -0.2) is 4.79 Å². The number of aliphatic hydroxyl groups excluding tert-OH is 3. The zero-order chi connectivity index (χ0) is 23.2. The van der Waals surface area contributed by atoms with Gasteiger partial charge in [0, 0.05) is 12.1 Å². The summed E-state index contributed by atoms with van der Waals surface area (Å²) < 4.78 is 16.3. The van der Waals surface area contributed by atoms with E-state index in [4.69, 9.17) is 19.3 Å². The first-order valence-corrected chi connectivity index (χ1v) is 9.60. The molecule has 1 fully saturated rings. The standard InChI is InChI=1S/C21H20O11/c22-9-3-1-8(2-4-9)13-7-12(24)15-11(23)5-10(6-14(15)31-13)30-21-18(27)16(25)17(26)19(32-21)20(28)29/h1-6,13,16-19,21-23,25-27H,7H2,(H,28,29)/t13-,16-,17-,18+,19-,21-/m1/s1. The molecular formula is C21H20O11. The van der Waals surface area contributed by atoms with Crippen molar-refractivity contribution in [1.29, 1.82) is 0 Å². The predicted molar refractivity (Wildman–Crippen MR) is 103 cm³/mol. The number of rotatable bonds is 4. The van der Waals surface area contributed by atoms with Crippen LogP contribution in [0, 0.1) is 0 Å². The number of carbonyl (C=O) groups is 2. The van der Waals surface area contributed by atoms with Crippen molar-refractivity contribution in [2.24, 2.45) is 0 Å². The molecule has 6 N–H and O–H groups in total. The van der Waals surface area contributed by atoms with Gasteiger partial charge in [-0.2, -0.15) is 0 Å². The molecule has 0 aromatic heterocycles. The smallest absolute Gasteiger partial charge is 0.335 e. The first-order valence-electron chi connectivity index (χ1n) is 9.60. The van der Waals surface area contributed by atoms with E-state index in [0.29, 0.717) is 5.56 Å². The lowest BCUT2D eigenvalue weighted by molar-refractivity contribution is -0.271. The molecule has 0 aliphatic carbocycles. The van der Waals surface area contributed by atoms with Crippen molar-refractivity contribution < 1.29 is 54.4 Å². The number of aliphatic hydroxyl groups is 3. The molecule has 2 heterocycles. The third kappa shape index (κ3) is 3.94. The van der Waals surface area contributed by atoms with Gasteiger partial charge in [0.05, 0.1) is 6.42 Å². The second-order valence-electron chi connectivity index (χ2n) is 7.49. The Hall–Kier alpha value is -3.38. The van der Waals surface area contributed by atoms with E-state index in [9.17, 15) is 35.1 Å². The molecule has 2 aromatic rings. The number of phenols is 2. The average molecular weight is 448 g/mol. The van der Waals surface area contributed by atoms with Crippen LogP contribution in [0.3, 0.4) is 0 Å². The van der Waals surface area contributed by atoms with Gasteiger partial charge in [0.1, 0.15) is 53.0 Å². The predicted octanol–water partition coefficient (Wildman–Crippen LogP) is 0.0753. The first-order chi connectivity index (χ1) is 15.2. The maximum Gasteiger partial charge on any atom is 0.335 e. The molecule has 4 rings (SSSR count). The van der Waals surface area contributed by atoms with Crippen LogP contribution < -0.4 is 9.47 Å². The molecule has 1 saturated heterocycles. The highest BCUT2D eigenvalue weighted by Crippen LogP contribution is 2.42. The molecule has 0 bridgehead atoms. The Balaban J connectivity index is 1.60. The fraction of sp³-hybridized carbons (Fsp3) is 0.333. The molecule has 0 radical (unpaired) electrons. The van der Waals surface area contributed by atoms with Crippen LogP contribution in [0.2, 0.25) is 0 Å². The Kier molecular flexibility index (Phi) is 5.65. The van der Waals surface area contributed by atoms with Crippen molar-refractivity contribution >= 4 is 11.8 Å². The van der Waals surface area contributed by atoms with Crippen molar-refractivity contribution in [3.63, 3.8) is 0 Å².